The van der Waals surface area contributed by atoms with Gasteiger partial charge in [0.15, 0.2) is 0 Å². The minimum absolute atomic E-state index is 0.137. The summed E-state index contributed by atoms with van der Waals surface area (Å²) in [5.74, 6) is 0.217. The van der Waals surface area contributed by atoms with Crippen molar-refractivity contribution >= 4 is 5.97 Å². The highest BCUT2D eigenvalue weighted by molar-refractivity contribution is 5.78. The molecule has 0 bridgehead atoms. The SMILES string of the molecule is COC(=O)C(NC(C)C)c1c(C)nn(C)c1OC. The van der Waals surface area contributed by atoms with Gasteiger partial charge in [-0.2, -0.15) is 5.10 Å². The van der Waals surface area contributed by atoms with Crippen LogP contribution < -0.4 is 10.1 Å². The van der Waals surface area contributed by atoms with Crippen LogP contribution in [0.4, 0.5) is 0 Å². The van der Waals surface area contributed by atoms with Gasteiger partial charge in [-0.15, -0.1) is 0 Å². The summed E-state index contributed by atoms with van der Waals surface area (Å²) < 4.78 is 11.8. The van der Waals surface area contributed by atoms with Crippen molar-refractivity contribution in [3.63, 3.8) is 0 Å². The fourth-order valence-electron chi connectivity index (χ4n) is 1.95. The molecule has 0 spiro atoms. The lowest BCUT2D eigenvalue weighted by atomic mass is 10.1. The Morgan fingerprint density at radius 3 is 2.44 bits per heavy atom. The highest BCUT2D eigenvalue weighted by atomic mass is 16.5. The molecular formula is C12H21N3O3. The van der Waals surface area contributed by atoms with Gasteiger partial charge in [0.05, 0.1) is 25.5 Å². The van der Waals surface area contributed by atoms with Crippen LogP contribution in [-0.4, -0.2) is 36.0 Å². The van der Waals surface area contributed by atoms with Gasteiger partial charge in [0.25, 0.3) is 0 Å². The number of carbonyl (C=O) groups is 1. The van der Waals surface area contributed by atoms with Crippen molar-refractivity contribution in [3.05, 3.63) is 11.3 Å². The van der Waals surface area contributed by atoms with Crippen LogP contribution in [-0.2, 0) is 16.6 Å². The van der Waals surface area contributed by atoms with Gasteiger partial charge in [-0.3, -0.25) is 5.32 Å². The number of aromatic nitrogens is 2. The predicted molar refractivity (Wildman–Crippen MR) is 67.5 cm³/mol. The molecule has 102 valence electrons. The monoisotopic (exact) mass is 255 g/mol. The predicted octanol–water partition coefficient (Wildman–Crippen LogP) is 0.949. The van der Waals surface area contributed by atoms with Gasteiger partial charge < -0.3 is 9.47 Å². The highest BCUT2D eigenvalue weighted by Crippen LogP contribution is 2.29. The molecule has 1 aromatic heterocycles. The number of methoxy groups -OCH3 is 2. The van der Waals surface area contributed by atoms with E-state index in [4.69, 9.17) is 9.47 Å². The maximum Gasteiger partial charge on any atom is 0.327 e. The maximum atomic E-state index is 11.9. The quantitative estimate of drug-likeness (QED) is 0.794. The van der Waals surface area contributed by atoms with E-state index in [0.29, 0.717) is 5.88 Å². The Morgan fingerprint density at radius 1 is 1.39 bits per heavy atom. The summed E-state index contributed by atoms with van der Waals surface area (Å²) in [5.41, 5.74) is 1.47. The van der Waals surface area contributed by atoms with Crippen LogP contribution >= 0.6 is 0 Å². The molecule has 0 saturated carbocycles. The molecule has 0 amide bonds. The van der Waals surface area contributed by atoms with E-state index in [0.717, 1.165) is 11.3 Å². The molecule has 1 aromatic rings. The molecular weight excluding hydrogens is 234 g/mol. The maximum absolute atomic E-state index is 11.9. The number of hydrogen-bond acceptors (Lipinski definition) is 5. The summed E-state index contributed by atoms with van der Waals surface area (Å²) in [6.07, 6.45) is 0. The lowest BCUT2D eigenvalue weighted by Gasteiger charge is -2.19. The largest absolute Gasteiger partial charge is 0.481 e. The van der Waals surface area contributed by atoms with Crippen molar-refractivity contribution in [3.8, 4) is 5.88 Å². The van der Waals surface area contributed by atoms with Gasteiger partial charge in [0.2, 0.25) is 5.88 Å². The van der Waals surface area contributed by atoms with Gasteiger partial charge in [-0.25, -0.2) is 9.48 Å². The van der Waals surface area contributed by atoms with Crippen LogP contribution in [0.5, 0.6) is 5.88 Å². The molecule has 0 fully saturated rings. The van der Waals surface area contributed by atoms with Gasteiger partial charge in [0, 0.05) is 13.1 Å². The van der Waals surface area contributed by atoms with Crippen LogP contribution in [0, 0.1) is 6.92 Å². The second-order valence-electron chi connectivity index (χ2n) is 4.41. The summed E-state index contributed by atoms with van der Waals surface area (Å²) in [5, 5.41) is 7.44. The van der Waals surface area contributed by atoms with E-state index in [2.05, 4.69) is 10.4 Å². The van der Waals surface area contributed by atoms with E-state index in [1.807, 2.05) is 20.8 Å². The van der Waals surface area contributed by atoms with Crippen LogP contribution in [0.2, 0.25) is 0 Å². The summed E-state index contributed by atoms with van der Waals surface area (Å²) in [6, 6.07) is -0.433. The van der Waals surface area contributed by atoms with E-state index < -0.39 is 6.04 Å². The summed E-state index contributed by atoms with van der Waals surface area (Å²) >= 11 is 0. The Bertz CT molecular complexity index is 426. The molecule has 1 N–H and O–H groups in total. The normalized spacial score (nSPS) is 12.6. The third-order valence-corrected chi connectivity index (χ3v) is 2.63. The fraction of sp³-hybridized carbons (Fsp3) is 0.667. The highest BCUT2D eigenvalue weighted by Gasteiger charge is 2.30. The molecule has 1 atom stereocenters. The van der Waals surface area contributed by atoms with E-state index in [-0.39, 0.29) is 12.0 Å². The number of ether oxygens (including phenoxy) is 2. The Kier molecular flexibility index (Phi) is 4.72. The second-order valence-corrected chi connectivity index (χ2v) is 4.41. The number of aryl methyl sites for hydroxylation is 2. The zero-order chi connectivity index (χ0) is 13.9. The van der Waals surface area contributed by atoms with E-state index in [1.54, 1.807) is 18.8 Å². The van der Waals surface area contributed by atoms with Crippen molar-refractivity contribution < 1.29 is 14.3 Å². The van der Waals surface area contributed by atoms with Crippen molar-refractivity contribution in [2.24, 2.45) is 7.05 Å². The topological polar surface area (TPSA) is 65.4 Å². The minimum atomic E-state index is -0.571. The molecule has 18 heavy (non-hydrogen) atoms. The van der Waals surface area contributed by atoms with Crippen LogP contribution in [0.1, 0.15) is 31.1 Å². The lowest BCUT2D eigenvalue weighted by Crippen LogP contribution is -2.34. The fourth-order valence-corrected chi connectivity index (χ4v) is 1.95. The molecule has 0 radical (unpaired) electrons. The molecule has 1 rings (SSSR count). The van der Waals surface area contributed by atoms with Crippen LogP contribution in [0.3, 0.4) is 0 Å². The Balaban J connectivity index is 3.23. The number of hydrogen-bond donors (Lipinski definition) is 1. The van der Waals surface area contributed by atoms with E-state index >= 15 is 0 Å². The standard InChI is InChI=1S/C12H21N3O3/c1-7(2)13-10(12(16)18-6)9-8(3)14-15(4)11(9)17-5/h7,10,13H,1-6H3. The van der Waals surface area contributed by atoms with Gasteiger partial charge in [0.1, 0.15) is 6.04 Å². The Labute approximate surface area is 107 Å². The van der Waals surface area contributed by atoms with E-state index in [1.165, 1.54) is 7.11 Å². The van der Waals surface area contributed by atoms with Gasteiger partial charge in [-0.05, 0) is 20.8 Å². The third-order valence-electron chi connectivity index (χ3n) is 2.63. The number of carbonyl (C=O) groups excluding carboxylic acids is 1. The van der Waals surface area contributed by atoms with Crippen molar-refractivity contribution in [1.82, 2.24) is 15.1 Å². The zero-order valence-corrected chi connectivity index (χ0v) is 11.8. The molecule has 0 aliphatic heterocycles. The molecule has 0 saturated heterocycles. The van der Waals surface area contributed by atoms with Gasteiger partial charge in [-0.1, -0.05) is 0 Å². The molecule has 6 nitrogen and oxygen atoms in total. The smallest absolute Gasteiger partial charge is 0.327 e. The molecule has 0 aromatic carbocycles. The van der Waals surface area contributed by atoms with Crippen molar-refractivity contribution in [1.29, 1.82) is 0 Å². The van der Waals surface area contributed by atoms with Crippen molar-refractivity contribution in [2.45, 2.75) is 32.9 Å². The Morgan fingerprint density at radius 2 is 2.00 bits per heavy atom. The minimum Gasteiger partial charge on any atom is -0.481 e. The molecule has 1 unspecified atom stereocenters. The number of rotatable bonds is 5. The number of nitrogens with one attached hydrogen (secondary N) is 1. The van der Waals surface area contributed by atoms with Crippen LogP contribution in [0.15, 0.2) is 0 Å². The average Bonchev–Trinajstić information content (AvgIpc) is 2.59. The zero-order valence-electron chi connectivity index (χ0n) is 11.8. The second kappa shape index (κ2) is 5.86. The molecule has 1 heterocycles. The molecule has 6 heteroatoms. The number of nitrogens with zero attached hydrogens (tertiary/aromatic N) is 2. The third kappa shape index (κ3) is 2.81. The first-order valence-electron chi connectivity index (χ1n) is 5.83. The Hall–Kier alpha value is -1.56. The summed E-state index contributed by atoms with van der Waals surface area (Å²) in [4.78, 5) is 11.9. The van der Waals surface area contributed by atoms with Gasteiger partial charge >= 0.3 is 5.97 Å². The summed E-state index contributed by atoms with van der Waals surface area (Å²) in [6.45, 7) is 5.78. The first-order valence-corrected chi connectivity index (χ1v) is 5.83. The molecule has 0 aliphatic rings. The first kappa shape index (κ1) is 14.5. The summed E-state index contributed by atoms with van der Waals surface area (Å²) in [7, 11) is 4.71. The molecule has 0 aliphatic carbocycles. The van der Waals surface area contributed by atoms with E-state index in [9.17, 15) is 4.79 Å². The van der Waals surface area contributed by atoms with Crippen LogP contribution in [0.25, 0.3) is 0 Å². The first-order chi connectivity index (χ1) is 8.42. The average molecular weight is 255 g/mol. The van der Waals surface area contributed by atoms with Crippen molar-refractivity contribution in [2.75, 3.05) is 14.2 Å². The lowest BCUT2D eigenvalue weighted by molar-refractivity contribution is -0.143. The number of esters is 1.